The van der Waals surface area contributed by atoms with Gasteiger partial charge >= 0.3 is 5.97 Å². The van der Waals surface area contributed by atoms with Crippen molar-refractivity contribution >= 4 is 28.9 Å². The van der Waals surface area contributed by atoms with Crippen LogP contribution >= 0.6 is 22.9 Å². The van der Waals surface area contributed by atoms with Crippen molar-refractivity contribution in [1.29, 1.82) is 0 Å². The van der Waals surface area contributed by atoms with E-state index in [1.54, 1.807) is 13.8 Å². The zero-order valence-electron chi connectivity index (χ0n) is 10.0. The summed E-state index contributed by atoms with van der Waals surface area (Å²) in [7, 11) is 0. The summed E-state index contributed by atoms with van der Waals surface area (Å²) in [6.07, 6.45) is 0. The number of alkyl halides is 1. The molecule has 0 aliphatic heterocycles. The second-order valence-corrected chi connectivity index (χ2v) is 4.97. The second-order valence-electron chi connectivity index (χ2n) is 3.53. The summed E-state index contributed by atoms with van der Waals surface area (Å²) < 4.78 is 10.4. The van der Waals surface area contributed by atoms with Crippen LogP contribution in [-0.4, -0.2) is 17.6 Å². The number of nitrogens with zero attached hydrogens (tertiary/aromatic N) is 1. The summed E-state index contributed by atoms with van der Waals surface area (Å²) >= 11 is 7.23. The standard InChI is InChI=1S/C12H12ClNO3S/c1-3-16-12(15)10-11(17-7(2)14-10)9-5-4-8(6-13)18-9/h4-5H,3,6H2,1-2H3. The fourth-order valence-electron chi connectivity index (χ4n) is 1.50. The first-order valence-corrected chi connectivity index (χ1v) is 6.80. The quantitative estimate of drug-likeness (QED) is 0.636. The smallest absolute Gasteiger partial charge is 0.361 e. The Kier molecular flexibility index (Phi) is 4.04. The SMILES string of the molecule is CCOC(=O)c1nc(C)oc1-c1ccc(CCl)s1. The van der Waals surface area contributed by atoms with E-state index in [2.05, 4.69) is 4.98 Å². The minimum Gasteiger partial charge on any atom is -0.461 e. The van der Waals surface area contributed by atoms with Crippen molar-refractivity contribution in [2.45, 2.75) is 19.7 Å². The predicted octanol–water partition coefficient (Wildman–Crippen LogP) is 3.63. The Morgan fingerprint density at radius 1 is 1.56 bits per heavy atom. The van der Waals surface area contributed by atoms with Crippen LogP contribution in [0.1, 0.15) is 28.2 Å². The van der Waals surface area contributed by atoms with Crippen molar-refractivity contribution in [3.05, 3.63) is 28.6 Å². The number of carbonyl (C=O) groups excluding carboxylic acids is 1. The molecule has 0 aliphatic carbocycles. The number of carbonyl (C=O) groups is 1. The van der Waals surface area contributed by atoms with Crippen molar-refractivity contribution in [3.63, 3.8) is 0 Å². The first-order valence-electron chi connectivity index (χ1n) is 5.45. The molecular formula is C12H12ClNO3S. The van der Waals surface area contributed by atoms with Crippen LogP contribution in [0, 0.1) is 6.92 Å². The van der Waals surface area contributed by atoms with Crippen LogP contribution in [0.2, 0.25) is 0 Å². The first kappa shape index (κ1) is 13.1. The van der Waals surface area contributed by atoms with Gasteiger partial charge in [0.05, 0.1) is 17.4 Å². The van der Waals surface area contributed by atoms with E-state index in [1.165, 1.54) is 11.3 Å². The van der Waals surface area contributed by atoms with Gasteiger partial charge in [-0.1, -0.05) is 0 Å². The maximum atomic E-state index is 11.8. The molecule has 4 nitrogen and oxygen atoms in total. The molecule has 0 aromatic carbocycles. The lowest BCUT2D eigenvalue weighted by Crippen LogP contribution is -2.06. The molecule has 0 N–H and O–H groups in total. The number of hydrogen-bond donors (Lipinski definition) is 0. The highest BCUT2D eigenvalue weighted by molar-refractivity contribution is 7.15. The number of thiophene rings is 1. The van der Waals surface area contributed by atoms with Crippen LogP contribution in [0.25, 0.3) is 10.6 Å². The number of halogens is 1. The normalized spacial score (nSPS) is 10.6. The first-order chi connectivity index (χ1) is 8.65. The van der Waals surface area contributed by atoms with Crippen LogP contribution in [0.4, 0.5) is 0 Å². The Morgan fingerprint density at radius 3 is 2.94 bits per heavy atom. The molecule has 96 valence electrons. The van der Waals surface area contributed by atoms with Crippen molar-refractivity contribution in [2.75, 3.05) is 6.61 Å². The lowest BCUT2D eigenvalue weighted by Gasteiger charge is -1.98. The molecule has 0 amide bonds. The van der Waals surface area contributed by atoms with Gasteiger partial charge < -0.3 is 9.15 Å². The van der Waals surface area contributed by atoms with Gasteiger partial charge in [-0.2, -0.15) is 0 Å². The second kappa shape index (κ2) is 5.54. The van der Waals surface area contributed by atoms with E-state index in [9.17, 15) is 4.79 Å². The summed E-state index contributed by atoms with van der Waals surface area (Å²) in [4.78, 5) is 17.7. The molecule has 2 aromatic heterocycles. The molecule has 0 bridgehead atoms. The van der Waals surface area contributed by atoms with Gasteiger partial charge in [-0.15, -0.1) is 22.9 Å². The fourth-order valence-corrected chi connectivity index (χ4v) is 2.60. The van der Waals surface area contributed by atoms with Gasteiger partial charge in [0.15, 0.2) is 17.3 Å². The highest BCUT2D eigenvalue weighted by Crippen LogP contribution is 2.32. The molecule has 0 fully saturated rings. The third kappa shape index (κ3) is 2.57. The van der Waals surface area contributed by atoms with Gasteiger partial charge in [0.25, 0.3) is 0 Å². The summed E-state index contributed by atoms with van der Waals surface area (Å²) in [5.41, 5.74) is 0.220. The molecule has 0 spiro atoms. The number of aromatic nitrogens is 1. The van der Waals surface area contributed by atoms with Crippen LogP contribution in [-0.2, 0) is 10.6 Å². The van der Waals surface area contributed by atoms with E-state index >= 15 is 0 Å². The van der Waals surface area contributed by atoms with Crippen LogP contribution in [0.3, 0.4) is 0 Å². The Labute approximate surface area is 114 Å². The predicted molar refractivity (Wildman–Crippen MR) is 70.1 cm³/mol. The van der Waals surface area contributed by atoms with E-state index in [0.29, 0.717) is 24.1 Å². The van der Waals surface area contributed by atoms with Crippen molar-refractivity contribution in [1.82, 2.24) is 4.98 Å². The Bertz CT molecular complexity index is 561. The average Bonchev–Trinajstić information content (AvgIpc) is 2.95. The molecule has 0 saturated heterocycles. The van der Waals surface area contributed by atoms with Gasteiger partial charge in [0.1, 0.15) is 0 Å². The maximum absolute atomic E-state index is 11.8. The largest absolute Gasteiger partial charge is 0.461 e. The summed E-state index contributed by atoms with van der Waals surface area (Å²) in [5.74, 6) is 0.860. The molecule has 2 rings (SSSR count). The lowest BCUT2D eigenvalue weighted by atomic mass is 10.3. The minimum atomic E-state index is -0.467. The fraction of sp³-hybridized carbons (Fsp3) is 0.333. The molecule has 0 unspecified atom stereocenters. The molecule has 18 heavy (non-hydrogen) atoms. The summed E-state index contributed by atoms with van der Waals surface area (Å²) in [5, 5.41) is 0. The molecule has 0 saturated carbocycles. The van der Waals surface area contributed by atoms with E-state index in [1.807, 2.05) is 12.1 Å². The number of esters is 1. The van der Waals surface area contributed by atoms with Gasteiger partial charge in [-0.05, 0) is 19.1 Å². The van der Waals surface area contributed by atoms with E-state index < -0.39 is 5.97 Å². The number of ether oxygens (including phenoxy) is 1. The third-order valence-corrected chi connectivity index (χ3v) is 3.75. The number of hydrogen-bond acceptors (Lipinski definition) is 5. The highest BCUT2D eigenvalue weighted by atomic mass is 35.5. The monoisotopic (exact) mass is 285 g/mol. The topological polar surface area (TPSA) is 52.3 Å². The van der Waals surface area contributed by atoms with Gasteiger partial charge in [0, 0.05) is 11.8 Å². The Hall–Kier alpha value is -1.33. The van der Waals surface area contributed by atoms with Crippen LogP contribution in [0.15, 0.2) is 16.5 Å². The highest BCUT2D eigenvalue weighted by Gasteiger charge is 2.22. The maximum Gasteiger partial charge on any atom is 0.361 e. The van der Waals surface area contributed by atoms with Crippen molar-refractivity contribution < 1.29 is 13.9 Å². The number of aryl methyl sites for hydroxylation is 1. The molecular weight excluding hydrogens is 274 g/mol. The summed E-state index contributed by atoms with van der Waals surface area (Å²) in [6.45, 7) is 3.76. The average molecular weight is 286 g/mol. The Morgan fingerprint density at radius 2 is 2.33 bits per heavy atom. The third-order valence-electron chi connectivity index (χ3n) is 2.22. The number of oxazole rings is 1. The van der Waals surface area contributed by atoms with Gasteiger partial charge in [-0.25, -0.2) is 9.78 Å². The molecule has 2 heterocycles. The van der Waals surface area contributed by atoms with E-state index in [-0.39, 0.29) is 5.69 Å². The Balaban J connectivity index is 2.40. The van der Waals surface area contributed by atoms with Crippen molar-refractivity contribution in [2.24, 2.45) is 0 Å². The van der Waals surface area contributed by atoms with E-state index in [4.69, 9.17) is 20.8 Å². The van der Waals surface area contributed by atoms with Gasteiger partial charge in [-0.3, -0.25) is 0 Å². The zero-order chi connectivity index (χ0) is 13.1. The van der Waals surface area contributed by atoms with E-state index in [0.717, 1.165) is 9.75 Å². The van der Waals surface area contributed by atoms with Gasteiger partial charge in [0.2, 0.25) is 0 Å². The molecule has 2 aromatic rings. The number of rotatable bonds is 4. The molecule has 0 aliphatic rings. The van der Waals surface area contributed by atoms with Crippen molar-refractivity contribution in [3.8, 4) is 10.6 Å². The summed E-state index contributed by atoms with van der Waals surface area (Å²) in [6, 6.07) is 3.77. The van der Waals surface area contributed by atoms with Crippen LogP contribution in [0.5, 0.6) is 0 Å². The molecule has 6 heteroatoms. The minimum absolute atomic E-state index is 0.220. The lowest BCUT2D eigenvalue weighted by molar-refractivity contribution is 0.0520. The van der Waals surface area contributed by atoms with Crippen LogP contribution < -0.4 is 0 Å². The zero-order valence-corrected chi connectivity index (χ0v) is 11.6. The molecule has 0 radical (unpaired) electrons. The molecule has 0 atom stereocenters.